The van der Waals surface area contributed by atoms with Crippen molar-refractivity contribution in [3.8, 4) is 0 Å². The van der Waals surface area contributed by atoms with Crippen molar-refractivity contribution in [2.24, 2.45) is 0 Å². The van der Waals surface area contributed by atoms with Crippen LogP contribution in [0.5, 0.6) is 0 Å². The van der Waals surface area contributed by atoms with Gasteiger partial charge in [-0.25, -0.2) is 4.79 Å². The van der Waals surface area contributed by atoms with Crippen LogP contribution in [0.3, 0.4) is 0 Å². The minimum absolute atomic E-state index is 0.0148. The number of amides is 1. The van der Waals surface area contributed by atoms with E-state index >= 15 is 0 Å². The van der Waals surface area contributed by atoms with E-state index in [4.69, 9.17) is 14.6 Å². The van der Waals surface area contributed by atoms with E-state index in [-0.39, 0.29) is 12.5 Å². The highest BCUT2D eigenvalue weighted by atomic mass is 19.4. The van der Waals surface area contributed by atoms with Crippen LogP contribution in [0, 0.1) is 0 Å². The lowest BCUT2D eigenvalue weighted by Gasteiger charge is -2.37. The Morgan fingerprint density at radius 3 is 2.50 bits per heavy atom. The van der Waals surface area contributed by atoms with Crippen LogP contribution < -0.4 is 0 Å². The SMILES string of the molecule is CN(C)C(=O)COCCC1CN(C2CCCC2)Cc2ccnn21.O=C(O)C(F)(F)F. The molecule has 170 valence electrons. The molecular weight excluding hydrogens is 405 g/mol. The molecule has 0 bridgehead atoms. The number of carbonyl (C=O) groups excluding carboxylic acids is 1. The maximum atomic E-state index is 11.6. The quantitative estimate of drug-likeness (QED) is 0.692. The largest absolute Gasteiger partial charge is 0.490 e. The smallest absolute Gasteiger partial charge is 0.475 e. The van der Waals surface area contributed by atoms with Crippen molar-refractivity contribution in [1.82, 2.24) is 19.6 Å². The number of hydrogen-bond acceptors (Lipinski definition) is 5. The molecule has 1 atom stereocenters. The Labute approximate surface area is 173 Å². The van der Waals surface area contributed by atoms with Crippen molar-refractivity contribution in [3.05, 3.63) is 18.0 Å². The van der Waals surface area contributed by atoms with E-state index in [1.54, 1.807) is 19.0 Å². The fraction of sp³-hybridized carbons (Fsp3) is 0.737. The van der Waals surface area contributed by atoms with Crippen molar-refractivity contribution in [2.45, 2.75) is 56.9 Å². The number of fused-ring (bicyclic) bond motifs is 1. The van der Waals surface area contributed by atoms with Crippen LogP contribution in [-0.2, 0) is 20.9 Å². The highest BCUT2D eigenvalue weighted by molar-refractivity contribution is 5.76. The predicted octanol–water partition coefficient (Wildman–Crippen LogP) is 2.31. The van der Waals surface area contributed by atoms with Crippen molar-refractivity contribution >= 4 is 11.9 Å². The molecule has 1 aliphatic carbocycles. The topological polar surface area (TPSA) is 87.9 Å². The monoisotopic (exact) mass is 434 g/mol. The van der Waals surface area contributed by atoms with Crippen LogP contribution in [0.1, 0.15) is 43.8 Å². The molecule has 0 saturated heterocycles. The highest BCUT2D eigenvalue weighted by Gasteiger charge is 2.38. The molecule has 1 fully saturated rings. The summed E-state index contributed by atoms with van der Waals surface area (Å²) in [6.45, 7) is 2.82. The zero-order chi connectivity index (χ0) is 22.3. The molecule has 1 aliphatic heterocycles. The standard InChI is InChI=1S/C17H28N4O2.C2HF3O2/c1-19(2)17(22)13-23-10-8-16-12-20(14-5-3-4-6-14)11-15-7-9-18-21(15)16;3-2(4,5)1(6)7/h7,9,14,16H,3-6,8,10-13H2,1-2H3;(H,6,7). The number of alkyl halides is 3. The number of carboxylic acid groups (broad SMARTS) is 1. The maximum absolute atomic E-state index is 11.6. The molecule has 2 aliphatic rings. The molecule has 1 saturated carbocycles. The lowest BCUT2D eigenvalue weighted by atomic mass is 10.1. The molecule has 0 radical (unpaired) electrons. The van der Waals surface area contributed by atoms with Crippen LogP contribution in [0.25, 0.3) is 0 Å². The van der Waals surface area contributed by atoms with Crippen molar-refractivity contribution in [3.63, 3.8) is 0 Å². The summed E-state index contributed by atoms with van der Waals surface area (Å²) >= 11 is 0. The number of hydrogen-bond donors (Lipinski definition) is 1. The summed E-state index contributed by atoms with van der Waals surface area (Å²) in [5.41, 5.74) is 1.30. The Morgan fingerprint density at radius 1 is 1.30 bits per heavy atom. The van der Waals surface area contributed by atoms with E-state index in [1.807, 2.05) is 6.20 Å². The van der Waals surface area contributed by atoms with E-state index in [1.165, 1.54) is 31.4 Å². The van der Waals surface area contributed by atoms with Gasteiger partial charge in [0.05, 0.1) is 11.7 Å². The van der Waals surface area contributed by atoms with Gasteiger partial charge in [0.2, 0.25) is 5.91 Å². The summed E-state index contributed by atoms with van der Waals surface area (Å²) in [5, 5.41) is 11.6. The number of ether oxygens (including phenoxy) is 1. The van der Waals surface area contributed by atoms with Crippen molar-refractivity contribution < 1.29 is 32.6 Å². The second-order valence-electron chi connectivity index (χ2n) is 7.72. The van der Waals surface area contributed by atoms with Gasteiger partial charge in [-0.1, -0.05) is 12.8 Å². The van der Waals surface area contributed by atoms with Gasteiger partial charge in [0.15, 0.2) is 0 Å². The fourth-order valence-electron chi connectivity index (χ4n) is 3.69. The average Bonchev–Trinajstić information content (AvgIpc) is 3.35. The van der Waals surface area contributed by atoms with Crippen LogP contribution in [-0.4, -0.2) is 82.6 Å². The third kappa shape index (κ3) is 6.98. The Hall–Kier alpha value is -2.14. The Balaban J connectivity index is 0.000000396. The summed E-state index contributed by atoms with van der Waals surface area (Å²) in [5.74, 6) is -2.74. The van der Waals surface area contributed by atoms with E-state index in [0.29, 0.717) is 12.6 Å². The van der Waals surface area contributed by atoms with Crippen LogP contribution >= 0.6 is 0 Å². The molecule has 2 heterocycles. The fourth-order valence-corrected chi connectivity index (χ4v) is 3.69. The number of nitrogens with zero attached hydrogens (tertiary/aromatic N) is 4. The number of halogens is 3. The van der Waals surface area contributed by atoms with Gasteiger partial charge in [0.25, 0.3) is 0 Å². The van der Waals surface area contributed by atoms with Crippen LogP contribution in [0.4, 0.5) is 13.2 Å². The molecule has 0 spiro atoms. The summed E-state index contributed by atoms with van der Waals surface area (Å²) in [6.07, 6.45) is 3.10. The van der Waals surface area contributed by atoms with Crippen LogP contribution in [0.2, 0.25) is 0 Å². The first-order chi connectivity index (χ1) is 14.1. The first-order valence-corrected chi connectivity index (χ1v) is 9.94. The zero-order valence-electron chi connectivity index (χ0n) is 17.3. The molecule has 1 unspecified atom stereocenters. The van der Waals surface area contributed by atoms with Gasteiger partial charge < -0.3 is 14.7 Å². The van der Waals surface area contributed by atoms with Gasteiger partial charge in [-0.05, 0) is 25.3 Å². The van der Waals surface area contributed by atoms with Crippen molar-refractivity contribution in [2.75, 3.05) is 33.9 Å². The number of aliphatic carboxylic acids is 1. The summed E-state index contributed by atoms with van der Waals surface area (Å²) in [7, 11) is 3.50. The second kappa shape index (κ2) is 10.8. The van der Waals surface area contributed by atoms with Gasteiger partial charge >= 0.3 is 12.1 Å². The summed E-state index contributed by atoms with van der Waals surface area (Å²) in [4.78, 5) is 24.6. The highest BCUT2D eigenvalue weighted by Crippen LogP contribution is 2.30. The number of aromatic nitrogens is 2. The van der Waals surface area contributed by atoms with E-state index in [9.17, 15) is 18.0 Å². The second-order valence-corrected chi connectivity index (χ2v) is 7.72. The molecule has 0 aromatic carbocycles. The lowest BCUT2D eigenvalue weighted by Crippen LogP contribution is -2.43. The Bertz CT molecular complexity index is 702. The molecule has 3 rings (SSSR count). The van der Waals surface area contributed by atoms with Gasteiger partial charge in [0.1, 0.15) is 6.61 Å². The zero-order valence-corrected chi connectivity index (χ0v) is 17.3. The molecule has 8 nitrogen and oxygen atoms in total. The molecule has 1 N–H and O–H groups in total. The number of carboxylic acids is 1. The lowest BCUT2D eigenvalue weighted by molar-refractivity contribution is -0.192. The minimum atomic E-state index is -5.08. The van der Waals surface area contributed by atoms with E-state index in [0.717, 1.165) is 25.6 Å². The van der Waals surface area contributed by atoms with Gasteiger partial charge in [0, 0.05) is 46.0 Å². The Morgan fingerprint density at radius 2 is 1.93 bits per heavy atom. The molecule has 30 heavy (non-hydrogen) atoms. The molecular formula is C19H29F3N4O4. The Kier molecular flexibility index (Phi) is 8.65. The molecule has 11 heteroatoms. The van der Waals surface area contributed by atoms with Gasteiger partial charge in [-0.2, -0.15) is 18.3 Å². The van der Waals surface area contributed by atoms with E-state index in [2.05, 4.69) is 20.7 Å². The number of likely N-dealkylation sites (N-methyl/N-ethyl adjacent to an activating group) is 1. The first kappa shape index (κ1) is 24.1. The minimum Gasteiger partial charge on any atom is -0.475 e. The first-order valence-electron chi connectivity index (χ1n) is 9.94. The summed E-state index contributed by atoms with van der Waals surface area (Å²) < 4.78 is 39.5. The maximum Gasteiger partial charge on any atom is 0.490 e. The van der Waals surface area contributed by atoms with Crippen molar-refractivity contribution in [1.29, 1.82) is 0 Å². The average molecular weight is 434 g/mol. The predicted molar refractivity (Wildman–Crippen MR) is 102 cm³/mol. The molecule has 1 amide bonds. The van der Waals surface area contributed by atoms with E-state index < -0.39 is 12.1 Å². The third-order valence-electron chi connectivity index (χ3n) is 5.31. The molecule has 1 aromatic heterocycles. The molecule has 1 aromatic rings. The van der Waals surface area contributed by atoms with Gasteiger partial charge in [-0.15, -0.1) is 0 Å². The normalized spacial score (nSPS) is 19.7. The van der Waals surface area contributed by atoms with Crippen LogP contribution in [0.15, 0.2) is 12.3 Å². The van der Waals surface area contributed by atoms with Gasteiger partial charge in [-0.3, -0.25) is 14.4 Å². The third-order valence-corrected chi connectivity index (χ3v) is 5.31. The number of carbonyl (C=O) groups is 2. The number of rotatable bonds is 6. The summed E-state index contributed by atoms with van der Waals surface area (Å²) in [6, 6.07) is 3.21.